The smallest absolute Gasteiger partial charge is 0.496 e. The van der Waals surface area contributed by atoms with Crippen molar-refractivity contribution in [2.45, 2.75) is 18.9 Å². The van der Waals surface area contributed by atoms with Gasteiger partial charge in [0, 0.05) is 22.9 Å². The monoisotopic (exact) mass is 408 g/mol. The molecule has 2 aromatic carbocycles. The highest BCUT2D eigenvalue weighted by molar-refractivity contribution is 5.90. The van der Waals surface area contributed by atoms with Gasteiger partial charge in [0.15, 0.2) is 11.5 Å². The molecule has 2 aromatic rings. The molecule has 4 rings (SSSR count). The van der Waals surface area contributed by atoms with Gasteiger partial charge < -0.3 is 34.3 Å². The maximum atomic E-state index is 13.1. The summed E-state index contributed by atoms with van der Waals surface area (Å²) in [6, 6.07) is 6.80. The molecule has 2 amide bonds. The standard InChI is InChI=1S/C19H18F2N2O6/c1-26-13-5-6-15(27-2)17-11(13)8-23(9-12(17)24)18(25)22-10-3-4-14-16(7-10)29-19(20,21)28-14/h3-7,12,24H,8-9H2,1-2H3,(H,22,25)/t12-/m0/s1. The fraction of sp³-hybridized carbons (Fsp3) is 0.316. The second kappa shape index (κ2) is 6.96. The molecular weight excluding hydrogens is 390 g/mol. The van der Waals surface area contributed by atoms with Crippen LogP contribution >= 0.6 is 0 Å². The first-order valence-electron chi connectivity index (χ1n) is 8.69. The Morgan fingerprint density at radius 1 is 1.17 bits per heavy atom. The number of aliphatic hydroxyl groups is 1. The molecule has 2 heterocycles. The van der Waals surface area contributed by atoms with Crippen LogP contribution in [0, 0.1) is 0 Å². The number of carbonyl (C=O) groups is 1. The number of alkyl halides is 2. The van der Waals surface area contributed by atoms with Crippen LogP contribution in [0.15, 0.2) is 30.3 Å². The van der Waals surface area contributed by atoms with E-state index >= 15 is 0 Å². The van der Waals surface area contributed by atoms with E-state index in [4.69, 9.17) is 9.47 Å². The average molecular weight is 408 g/mol. The number of anilines is 1. The molecule has 8 nitrogen and oxygen atoms in total. The summed E-state index contributed by atoms with van der Waals surface area (Å²) in [5.74, 6) is 0.725. The molecule has 0 spiro atoms. The maximum Gasteiger partial charge on any atom is 0.586 e. The van der Waals surface area contributed by atoms with Crippen LogP contribution in [0.25, 0.3) is 0 Å². The maximum absolute atomic E-state index is 13.1. The largest absolute Gasteiger partial charge is 0.586 e. The molecule has 2 aliphatic rings. The minimum Gasteiger partial charge on any atom is -0.496 e. The molecule has 0 bridgehead atoms. The Bertz CT molecular complexity index is 968. The number of urea groups is 1. The van der Waals surface area contributed by atoms with Crippen molar-refractivity contribution in [3.05, 3.63) is 41.5 Å². The van der Waals surface area contributed by atoms with E-state index in [1.807, 2.05) is 0 Å². The second-order valence-corrected chi connectivity index (χ2v) is 6.52. The van der Waals surface area contributed by atoms with E-state index in [1.165, 1.54) is 37.3 Å². The number of β-amino-alcohol motifs (C(OH)–C–C–N with tert-alkyl or cyclic N) is 1. The molecule has 0 saturated heterocycles. The number of rotatable bonds is 3. The molecule has 2 aliphatic heterocycles. The van der Waals surface area contributed by atoms with Crippen molar-refractivity contribution in [2.24, 2.45) is 0 Å². The van der Waals surface area contributed by atoms with Crippen molar-refractivity contribution >= 4 is 11.7 Å². The first kappa shape index (κ1) is 19.1. The highest BCUT2D eigenvalue weighted by Crippen LogP contribution is 2.43. The number of ether oxygens (including phenoxy) is 4. The van der Waals surface area contributed by atoms with E-state index in [-0.39, 0.29) is 30.3 Å². The number of nitrogens with zero attached hydrogens (tertiary/aromatic N) is 1. The molecule has 29 heavy (non-hydrogen) atoms. The van der Waals surface area contributed by atoms with Crippen LogP contribution in [-0.4, -0.2) is 43.1 Å². The molecule has 0 unspecified atom stereocenters. The first-order valence-corrected chi connectivity index (χ1v) is 8.69. The van der Waals surface area contributed by atoms with E-state index in [9.17, 15) is 18.7 Å². The van der Waals surface area contributed by atoms with Gasteiger partial charge in [0.05, 0.1) is 27.3 Å². The molecule has 0 radical (unpaired) electrons. The lowest BCUT2D eigenvalue weighted by Crippen LogP contribution is -2.41. The lowest BCUT2D eigenvalue weighted by atomic mass is 9.95. The van der Waals surface area contributed by atoms with Crippen LogP contribution in [0.2, 0.25) is 0 Å². The van der Waals surface area contributed by atoms with Gasteiger partial charge in [0.25, 0.3) is 0 Å². The second-order valence-electron chi connectivity index (χ2n) is 6.52. The predicted octanol–water partition coefficient (Wildman–Crippen LogP) is 3.11. The summed E-state index contributed by atoms with van der Waals surface area (Å²) >= 11 is 0. The third-order valence-corrected chi connectivity index (χ3v) is 4.73. The van der Waals surface area contributed by atoms with Gasteiger partial charge in [-0.25, -0.2) is 4.79 Å². The minimum absolute atomic E-state index is 0.0188. The number of hydrogen-bond acceptors (Lipinski definition) is 6. The molecule has 10 heteroatoms. The summed E-state index contributed by atoms with van der Waals surface area (Å²) < 4.78 is 45.7. The fourth-order valence-corrected chi connectivity index (χ4v) is 3.46. The van der Waals surface area contributed by atoms with E-state index in [0.29, 0.717) is 22.6 Å². The number of amides is 2. The number of carbonyl (C=O) groups excluding carboxylic acids is 1. The van der Waals surface area contributed by atoms with Gasteiger partial charge in [-0.1, -0.05) is 0 Å². The van der Waals surface area contributed by atoms with Gasteiger partial charge in [-0.05, 0) is 24.3 Å². The van der Waals surface area contributed by atoms with Crippen molar-refractivity contribution in [2.75, 3.05) is 26.1 Å². The minimum atomic E-state index is -3.73. The number of hydrogen-bond donors (Lipinski definition) is 2. The SMILES string of the molecule is COc1ccc(OC)c2c1CN(C(=O)Nc1ccc3c(c1)OC(F)(F)O3)C[C@@H]2O. The molecule has 154 valence electrons. The Hall–Kier alpha value is -3.27. The van der Waals surface area contributed by atoms with Crippen molar-refractivity contribution in [3.8, 4) is 23.0 Å². The third kappa shape index (κ3) is 3.46. The molecular formula is C19H18F2N2O6. The van der Waals surface area contributed by atoms with Gasteiger partial charge in [0.2, 0.25) is 0 Å². The lowest BCUT2D eigenvalue weighted by molar-refractivity contribution is -0.286. The summed E-state index contributed by atoms with van der Waals surface area (Å²) in [6.07, 6.45) is -4.72. The van der Waals surface area contributed by atoms with Gasteiger partial charge in [0.1, 0.15) is 17.6 Å². The average Bonchev–Trinajstić information content (AvgIpc) is 2.99. The van der Waals surface area contributed by atoms with Crippen LogP contribution < -0.4 is 24.3 Å². The highest BCUT2D eigenvalue weighted by atomic mass is 19.3. The van der Waals surface area contributed by atoms with E-state index in [1.54, 1.807) is 12.1 Å². The topological polar surface area (TPSA) is 89.5 Å². The Kier molecular flexibility index (Phi) is 4.58. The molecule has 0 aromatic heterocycles. The van der Waals surface area contributed by atoms with Gasteiger partial charge in [-0.3, -0.25) is 0 Å². The zero-order valence-electron chi connectivity index (χ0n) is 15.6. The number of benzene rings is 2. The normalized spacial score (nSPS) is 18.8. The summed E-state index contributed by atoms with van der Waals surface area (Å²) in [5.41, 5.74) is 1.44. The fourth-order valence-electron chi connectivity index (χ4n) is 3.46. The predicted molar refractivity (Wildman–Crippen MR) is 96.6 cm³/mol. The summed E-state index contributed by atoms with van der Waals surface area (Å²) in [6.45, 7) is 0.187. The Labute approximate surface area is 164 Å². The first-order chi connectivity index (χ1) is 13.8. The van der Waals surface area contributed by atoms with Gasteiger partial charge in [-0.2, -0.15) is 0 Å². The van der Waals surface area contributed by atoms with Crippen molar-refractivity contribution < 1.29 is 37.6 Å². The summed E-state index contributed by atoms with van der Waals surface area (Å²) in [5, 5.41) is 13.2. The Balaban J connectivity index is 1.55. The van der Waals surface area contributed by atoms with Crippen molar-refractivity contribution in [1.82, 2.24) is 4.90 Å². The zero-order chi connectivity index (χ0) is 20.8. The molecule has 0 fully saturated rings. The Morgan fingerprint density at radius 3 is 2.59 bits per heavy atom. The zero-order valence-corrected chi connectivity index (χ0v) is 15.6. The van der Waals surface area contributed by atoms with Crippen LogP contribution in [-0.2, 0) is 6.54 Å². The molecule has 0 saturated carbocycles. The van der Waals surface area contributed by atoms with Crippen LogP contribution in [0.3, 0.4) is 0 Å². The van der Waals surface area contributed by atoms with Gasteiger partial charge in [-0.15, -0.1) is 8.78 Å². The molecule has 0 aliphatic carbocycles. The third-order valence-electron chi connectivity index (χ3n) is 4.73. The molecule has 1 atom stereocenters. The molecule has 2 N–H and O–H groups in total. The van der Waals surface area contributed by atoms with Crippen molar-refractivity contribution in [3.63, 3.8) is 0 Å². The number of aliphatic hydroxyl groups excluding tert-OH is 1. The van der Waals surface area contributed by atoms with Crippen molar-refractivity contribution in [1.29, 1.82) is 0 Å². The van der Waals surface area contributed by atoms with Gasteiger partial charge >= 0.3 is 12.3 Å². The number of halogens is 2. The van der Waals surface area contributed by atoms with Crippen LogP contribution in [0.4, 0.5) is 19.3 Å². The van der Waals surface area contributed by atoms with E-state index in [2.05, 4.69) is 14.8 Å². The van der Waals surface area contributed by atoms with E-state index < -0.39 is 18.4 Å². The van der Waals surface area contributed by atoms with Crippen LogP contribution in [0.1, 0.15) is 17.2 Å². The van der Waals surface area contributed by atoms with E-state index in [0.717, 1.165) is 0 Å². The Morgan fingerprint density at radius 2 is 1.86 bits per heavy atom. The highest BCUT2D eigenvalue weighted by Gasteiger charge is 2.43. The summed E-state index contributed by atoms with van der Waals surface area (Å²) in [7, 11) is 2.99. The lowest BCUT2D eigenvalue weighted by Gasteiger charge is -2.34. The number of methoxy groups -OCH3 is 2. The number of nitrogens with one attached hydrogen (secondary N) is 1. The van der Waals surface area contributed by atoms with Crippen LogP contribution in [0.5, 0.6) is 23.0 Å². The summed E-state index contributed by atoms with van der Waals surface area (Å²) in [4.78, 5) is 14.1. The number of fused-ring (bicyclic) bond motifs is 2. The quantitative estimate of drug-likeness (QED) is 0.811.